The van der Waals surface area contributed by atoms with E-state index in [9.17, 15) is 14.4 Å². The van der Waals surface area contributed by atoms with Gasteiger partial charge in [0.25, 0.3) is 5.56 Å². The van der Waals surface area contributed by atoms with Gasteiger partial charge in [0, 0.05) is 7.05 Å². The molecule has 1 atom stereocenters. The van der Waals surface area contributed by atoms with Crippen molar-refractivity contribution in [1.29, 1.82) is 0 Å². The van der Waals surface area contributed by atoms with E-state index in [0.29, 0.717) is 28.6 Å². The van der Waals surface area contributed by atoms with Gasteiger partial charge >= 0.3 is 11.7 Å². The predicted molar refractivity (Wildman–Crippen MR) is 96.3 cm³/mol. The quantitative estimate of drug-likeness (QED) is 0.800. The van der Waals surface area contributed by atoms with E-state index in [2.05, 4.69) is 24.1 Å². The number of nitrogens with one attached hydrogen (secondary N) is 2. The maximum atomic E-state index is 12.6. The van der Waals surface area contributed by atoms with E-state index >= 15 is 0 Å². The highest BCUT2D eigenvalue weighted by molar-refractivity contribution is 5.96. The molecule has 7 heteroatoms. The van der Waals surface area contributed by atoms with Crippen LogP contribution in [0.4, 0.5) is 5.82 Å². The van der Waals surface area contributed by atoms with Gasteiger partial charge in [-0.2, -0.15) is 0 Å². The molecule has 4 rings (SSSR count). The molecule has 1 unspecified atom stereocenters. The summed E-state index contributed by atoms with van der Waals surface area (Å²) in [6, 6.07) is 7.85. The zero-order valence-electron chi connectivity index (χ0n) is 14.8. The SMILES string of the molecule is CC(C)c1ccc(C2C3=C(COC3=O)Nc3c2c(=O)[nH]c(=O)n3C)cc1. The summed E-state index contributed by atoms with van der Waals surface area (Å²) in [5, 5.41) is 3.05. The molecule has 0 radical (unpaired) electrons. The number of hydrogen-bond acceptors (Lipinski definition) is 5. The minimum absolute atomic E-state index is 0.106. The fourth-order valence-corrected chi connectivity index (χ4v) is 3.56. The van der Waals surface area contributed by atoms with Crippen molar-refractivity contribution in [3.8, 4) is 0 Å². The lowest BCUT2D eigenvalue weighted by molar-refractivity contribution is -0.136. The van der Waals surface area contributed by atoms with Gasteiger partial charge in [-0.15, -0.1) is 0 Å². The molecule has 134 valence electrons. The molecule has 3 heterocycles. The molecule has 0 fully saturated rings. The van der Waals surface area contributed by atoms with Crippen LogP contribution < -0.4 is 16.6 Å². The first-order valence-electron chi connectivity index (χ1n) is 8.48. The standard InChI is InChI=1S/C19H19N3O4/c1-9(2)10-4-6-11(7-5-10)13-14-12(8-26-18(14)24)20-16-15(13)17(23)21-19(25)22(16)3/h4-7,9,13,20H,8H2,1-3H3,(H,21,23,25). The molecule has 2 aliphatic heterocycles. The molecule has 0 saturated heterocycles. The lowest BCUT2D eigenvalue weighted by Gasteiger charge is -2.27. The third-order valence-electron chi connectivity index (χ3n) is 5.04. The van der Waals surface area contributed by atoms with Crippen LogP contribution in [0, 0.1) is 0 Å². The van der Waals surface area contributed by atoms with Gasteiger partial charge in [0.15, 0.2) is 0 Å². The average molecular weight is 353 g/mol. The molecule has 1 aromatic heterocycles. The maximum Gasteiger partial charge on any atom is 0.337 e. The molecule has 0 aliphatic carbocycles. The highest BCUT2D eigenvalue weighted by Crippen LogP contribution is 2.42. The number of ether oxygens (including phenoxy) is 1. The Morgan fingerprint density at radius 3 is 2.50 bits per heavy atom. The van der Waals surface area contributed by atoms with Crippen molar-refractivity contribution in [2.24, 2.45) is 7.05 Å². The first kappa shape index (κ1) is 16.4. The summed E-state index contributed by atoms with van der Waals surface area (Å²) in [6.45, 7) is 4.31. The van der Waals surface area contributed by atoms with Crippen LogP contribution in [-0.4, -0.2) is 22.1 Å². The molecular weight excluding hydrogens is 334 g/mol. The van der Waals surface area contributed by atoms with Crippen LogP contribution in [0.2, 0.25) is 0 Å². The lowest BCUT2D eigenvalue weighted by Crippen LogP contribution is -2.37. The summed E-state index contributed by atoms with van der Waals surface area (Å²) in [4.78, 5) is 39.3. The molecule has 1 aromatic carbocycles. The van der Waals surface area contributed by atoms with Crippen molar-refractivity contribution in [2.45, 2.75) is 25.7 Å². The number of fused-ring (bicyclic) bond motifs is 1. The van der Waals surface area contributed by atoms with E-state index in [1.54, 1.807) is 7.05 Å². The van der Waals surface area contributed by atoms with Crippen LogP contribution in [0.25, 0.3) is 0 Å². The van der Waals surface area contributed by atoms with Crippen LogP contribution >= 0.6 is 0 Å². The Morgan fingerprint density at radius 1 is 1.15 bits per heavy atom. The Morgan fingerprint density at radius 2 is 1.85 bits per heavy atom. The molecule has 7 nitrogen and oxygen atoms in total. The Balaban J connectivity index is 1.97. The number of rotatable bonds is 2. The van der Waals surface area contributed by atoms with E-state index in [1.807, 2.05) is 24.3 Å². The Bertz CT molecular complexity index is 1060. The number of carbonyl (C=O) groups excluding carboxylic acids is 1. The van der Waals surface area contributed by atoms with E-state index in [1.165, 1.54) is 10.1 Å². The number of anilines is 1. The second kappa shape index (κ2) is 5.72. The second-order valence-corrected chi connectivity index (χ2v) is 6.93. The van der Waals surface area contributed by atoms with E-state index in [4.69, 9.17) is 4.74 Å². The van der Waals surface area contributed by atoms with Crippen molar-refractivity contribution in [2.75, 3.05) is 11.9 Å². The van der Waals surface area contributed by atoms with Crippen LogP contribution in [-0.2, 0) is 16.6 Å². The molecule has 2 aromatic rings. The zero-order valence-corrected chi connectivity index (χ0v) is 14.8. The van der Waals surface area contributed by atoms with Gasteiger partial charge in [-0.05, 0) is 17.0 Å². The maximum absolute atomic E-state index is 12.6. The van der Waals surface area contributed by atoms with Gasteiger partial charge in [-0.1, -0.05) is 38.1 Å². The predicted octanol–water partition coefficient (Wildman–Crippen LogP) is 1.57. The summed E-state index contributed by atoms with van der Waals surface area (Å²) < 4.78 is 6.53. The van der Waals surface area contributed by atoms with Crippen molar-refractivity contribution < 1.29 is 9.53 Å². The summed E-state index contributed by atoms with van der Waals surface area (Å²) in [7, 11) is 1.58. The Kier molecular flexibility index (Phi) is 3.61. The molecule has 26 heavy (non-hydrogen) atoms. The van der Waals surface area contributed by atoms with Crippen LogP contribution in [0.5, 0.6) is 0 Å². The number of carbonyl (C=O) groups is 1. The van der Waals surface area contributed by atoms with Gasteiger partial charge in [-0.25, -0.2) is 9.59 Å². The van der Waals surface area contributed by atoms with Crippen molar-refractivity contribution in [3.63, 3.8) is 0 Å². The number of benzene rings is 1. The van der Waals surface area contributed by atoms with Gasteiger partial charge in [0.2, 0.25) is 0 Å². The minimum Gasteiger partial charge on any atom is -0.456 e. The first-order chi connectivity index (χ1) is 12.4. The van der Waals surface area contributed by atoms with Crippen LogP contribution in [0.3, 0.4) is 0 Å². The third-order valence-corrected chi connectivity index (χ3v) is 5.04. The number of aromatic nitrogens is 2. The third kappa shape index (κ3) is 2.31. The molecule has 0 amide bonds. The summed E-state index contributed by atoms with van der Waals surface area (Å²) in [6.07, 6.45) is 0. The number of hydrogen-bond donors (Lipinski definition) is 2. The molecule has 0 bridgehead atoms. The number of nitrogens with zero attached hydrogens (tertiary/aromatic N) is 1. The largest absolute Gasteiger partial charge is 0.456 e. The molecule has 0 spiro atoms. The molecular formula is C19H19N3O4. The summed E-state index contributed by atoms with van der Waals surface area (Å²) >= 11 is 0. The normalized spacial score (nSPS) is 18.5. The Hall–Kier alpha value is -3.09. The first-order valence-corrected chi connectivity index (χ1v) is 8.48. The van der Waals surface area contributed by atoms with Crippen LogP contribution in [0.15, 0.2) is 45.1 Å². The number of H-pyrrole nitrogens is 1. The number of cyclic esters (lactones) is 1. The second-order valence-electron chi connectivity index (χ2n) is 6.93. The zero-order chi connectivity index (χ0) is 18.6. The van der Waals surface area contributed by atoms with E-state index < -0.39 is 23.1 Å². The topological polar surface area (TPSA) is 93.2 Å². The number of aromatic amines is 1. The lowest BCUT2D eigenvalue weighted by atomic mass is 9.82. The number of esters is 1. The highest BCUT2D eigenvalue weighted by Gasteiger charge is 2.41. The van der Waals surface area contributed by atoms with Crippen molar-refractivity contribution in [3.05, 3.63) is 73.1 Å². The smallest absolute Gasteiger partial charge is 0.337 e. The fourth-order valence-electron chi connectivity index (χ4n) is 3.56. The molecule has 0 saturated carbocycles. The molecule has 2 N–H and O–H groups in total. The summed E-state index contributed by atoms with van der Waals surface area (Å²) in [5.74, 6) is -0.245. The van der Waals surface area contributed by atoms with Gasteiger partial charge in [0.1, 0.15) is 12.4 Å². The van der Waals surface area contributed by atoms with Gasteiger partial charge in [0.05, 0.1) is 22.8 Å². The van der Waals surface area contributed by atoms with Crippen molar-refractivity contribution >= 4 is 11.8 Å². The van der Waals surface area contributed by atoms with Gasteiger partial charge in [-0.3, -0.25) is 14.3 Å². The minimum atomic E-state index is -0.576. The average Bonchev–Trinajstić information content (AvgIpc) is 2.99. The highest BCUT2D eigenvalue weighted by atomic mass is 16.5. The fraction of sp³-hybridized carbons (Fsp3) is 0.316. The molecule has 2 aliphatic rings. The Labute approximate surface area is 149 Å². The van der Waals surface area contributed by atoms with E-state index in [-0.39, 0.29) is 6.61 Å². The van der Waals surface area contributed by atoms with Crippen molar-refractivity contribution in [1.82, 2.24) is 9.55 Å². The summed E-state index contributed by atoms with van der Waals surface area (Å²) in [5.41, 5.74) is 2.35. The van der Waals surface area contributed by atoms with Gasteiger partial charge < -0.3 is 10.1 Å². The van der Waals surface area contributed by atoms with Crippen LogP contribution in [0.1, 0.15) is 42.4 Å². The monoisotopic (exact) mass is 353 g/mol. The van der Waals surface area contributed by atoms with E-state index in [0.717, 1.165) is 5.56 Å².